The van der Waals surface area contributed by atoms with Crippen molar-refractivity contribution < 1.29 is 14.7 Å². The van der Waals surface area contributed by atoms with Gasteiger partial charge in [0.1, 0.15) is 0 Å². The molecule has 0 radical (unpaired) electrons. The summed E-state index contributed by atoms with van der Waals surface area (Å²) < 4.78 is 0. The molecule has 0 aliphatic carbocycles. The Kier molecular flexibility index (Phi) is 6.46. The van der Waals surface area contributed by atoms with Gasteiger partial charge in [0.2, 0.25) is 0 Å². The summed E-state index contributed by atoms with van der Waals surface area (Å²) in [5.41, 5.74) is 2.27. The summed E-state index contributed by atoms with van der Waals surface area (Å²) >= 11 is 0. The number of anilines is 1. The van der Waals surface area contributed by atoms with Gasteiger partial charge in [-0.25, -0.2) is 4.79 Å². The fraction of sp³-hybridized carbons (Fsp3) is 0.556. The molecule has 6 nitrogen and oxygen atoms in total. The van der Waals surface area contributed by atoms with Gasteiger partial charge in [0.15, 0.2) is 0 Å². The van der Waals surface area contributed by atoms with E-state index in [0.717, 1.165) is 18.7 Å². The lowest BCUT2D eigenvalue weighted by molar-refractivity contribution is -0.141. The van der Waals surface area contributed by atoms with Crippen molar-refractivity contribution in [2.75, 3.05) is 31.6 Å². The molecule has 0 saturated carbocycles. The third kappa shape index (κ3) is 4.88. The number of para-hydroxylation sites is 1. The molecule has 2 rings (SSSR count). The number of urea groups is 1. The van der Waals surface area contributed by atoms with Gasteiger partial charge >= 0.3 is 12.0 Å². The molecule has 0 bridgehead atoms. The van der Waals surface area contributed by atoms with Crippen LogP contribution in [0.5, 0.6) is 0 Å². The first kappa shape index (κ1) is 18.1. The van der Waals surface area contributed by atoms with Crippen LogP contribution in [0.4, 0.5) is 10.5 Å². The Morgan fingerprint density at radius 1 is 1.25 bits per heavy atom. The highest BCUT2D eigenvalue weighted by Gasteiger charge is 2.18. The Morgan fingerprint density at radius 2 is 1.92 bits per heavy atom. The van der Waals surface area contributed by atoms with Crippen LogP contribution < -0.4 is 10.2 Å². The van der Waals surface area contributed by atoms with E-state index in [2.05, 4.69) is 16.3 Å². The molecule has 132 valence electrons. The topological polar surface area (TPSA) is 72.9 Å². The van der Waals surface area contributed by atoms with Gasteiger partial charge in [-0.3, -0.25) is 4.79 Å². The third-order valence-corrected chi connectivity index (χ3v) is 4.43. The molecular formula is C18H27N3O3. The average Bonchev–Trinajstić information content (AvgIpc) is 2.60. The highest BCUT2D eigenvalue weighted by Crippen LogP contribution is 2.24. The highest BCUT2D eigenvalue weighted by molar-refractivity contribution is 5.76. The molecule has 1 unspecified atom stereocenters. The Labute approximate surface area is 143 Å². The first-order valence-electron chi connectivity index (χ1n) is 8.53. The second-order valence-corrected chi connectivity index (χ2v) is 6.45. The predicted molar refractivity (Wildman–Crippen MR) is 94.2 cm³/mol. The van der Waals surface area contributed by atoms with Crippen LogP contribution in [-0.4, -0.2) is 48.7 Å². The summed E-state index contributed by atoms with van der Waals surface area (Å²) in [6.07, 6.45) is 3.69. The van der Waals surface area contributed by atoms with Gasteiger partial charge in [0, 0.05) is 38.9 Å². The first-order chi connectivity index (χ1) is 11.5. The fourth-order valence-electron chi connectivity index (χ4n) is 2.98. The summed E-state index contributed by atoms with van der Waals surface area (Å²) in [6.45, 7) is 4.34. The van der Waals surface area contributed by atoms with E-state index in [9.17, 15) is 9.59 Å². The van der Waals surface area contributed by atoms with E-state index in [4.69, 9.17) is 5.11 Å². The van der Waals surface area contributed by atoms with Gasteiger partial charge in [-0.05, 0) is 30.9 Å². The van der Waals surface area contributed by atoms with Gasteiger partial charge in [-0.1, -0.05) is 25.1 Å². The van der Waals surface area contributed by atoms with Crippen molar-refractivity contribution in [1.29, 1.82) is 0 Å². The van der Waals surface area contributed by atoms with Crippen molar-refractivity contribution in [2.24, 2.45) is 5.92 Å². The lowest BCUT2D eigenvalue weighted by Crippen LogP contribution is -2.40. The third-order valence-electron chi connectivity index (χ3n) is 4.43. The minimum absolute atomic E-state index is 0.189. The minimum Gasteiger partial charge on any atom is -0.481 e. The fourth-order valence-corrected chi connectivity index (χ4v) is 2.98. The molecule has 1 aliphatic rings. The lowest BCUT2D eigenvalue weighted by atomic mass is 10.1. The van der Waals surface area contributed by atoms with Crippen molar-refractivity contribution >= 4 is 17.7 Å². The molecule has 1 heterocycles. The van der Waals surface area contributed by atoms with Crippen LogP contribution >= 0.6 is 0 Å². The molecule has 1 aliphatic heterocycles. The number of carbonyl (C=O) groups excluding carboxylic acids is 1. The summed E-state index contributed by atoms with van der Waals surface area (Å²) in [7, 11) is 1.62. The predicted octanol–water partition coefficient (Wildman–Crippen LogP) is 2.54. The molecule has 1 saturated heterocycles. The quantitative estimate of drug-likeness (QED) is 0.839. The van der Waals surface area contributed by atoms with Crippen molar-refractivity contribution in [1.82, 2.24) is 10.2 Å². The van der Waals surface area contributed by atoms with E-state index in [-0.39, 0.29) is 12.6 Å². The normalized spacial score (nSPS) is 15.7. The molecule has 1 fully saturated rings. The molecule has 1 atom stereocenters. The van der Waals surface area contributed by atoms with E-state index in [0.29, 0.717) is 6.54 Å². The van der Waals surface area contributed by atoms with Crippen LogP contribution in [0.1, 0.15) is 31.7 Å². The maximum atomic E-state index is 12.2. The Balaban J connectivity index is 1.94. The number of carboxylic acids is 1. The molecule has 1 aromatic rings. The zero-order valence-electron chi connectivity index (χ0n) is 14.5. The number of aliphatic carboxylic acids is 1. The standard InChI is InChI=1S/C18H27N3O3/c1-14(17(22)23)13-20(2)18(24)19-12-15-8-4-5-9-16(15)21-10-6-3-7-11-21/h4-5,8-9,14H,3,6-7,10-13H2,1-2H3,(H,19,24)(H,22,23). The van der Waals surface area contributed by atoms with Gasteiger partial charge in [-0.15, -0.1) is 0 Å². The number of piperidine rings is 1. The van der Waals surface area contributed by atoms with Gasteiger partial charge < -0.3 is 20.2 Å². The van der Waals surface area contributed by atoms with Gasteiger partial charge in [-0.2, -0.15) is 0 Å². The van der Waals surface area contributed by atoms with E-state index in [1.807, 2.05) is 18.2 Å². The number of carboxylic acid groups (broad SMARTS) is 1. The van der Waals surface area contributed by atoms with E-state index >= 15 is 0 Å². The second kappa shape index (κ2) is 8.57. The van der Waals surface area contributed by atoms with Gasteiger partial charge in [0.25, 0.3) is 0 Å². The number of carbonyl (C=O) groups is 2. The summed E-state index contributed by atoms with van der Waals surface area (Å²) in [4.78, 5) is 26.9. The van der Waals surface area contributed by atoms with Crippen molar-refractivity contribution in [3.8, 4) is 0 Å². The largest absolute Gasteiger partial charge is 0.481 e. The maximum Gasteiger partial charge on any atom is 0.317 e. The molecule has 0 aromatic heterocycles. The summed E-state index contributed by atoms with van der Waals surface area (Å²) in [5, 5.41) is 11.8. The molecular weight excluding hydrogens is 306 g/mol. The van der Waals surface area contributed by atoms with Crippen molar-refractivity contribution in [3.63, 3.8) is 0 Å². The number of amides is 2. The van der Waals surface area contributed by atoms with Gasteiger partial charge in [0.05, 0.1) is 5.92 Å². The number of hydrogen-bond donors (Lipinski definition) is 2. The lowest BCUT2D eigenvalue weighted by Gasteiger charge is -2.31. The highest BCUT2D eigenvalue weighted by atomic mass is 16.4. The molecule has 2 N–H and O–H groups in total. The number of hydrogen-bond acceptors (Lipinski definition) is 3. The van der Waals surface area contributed by atoms with E-state index in [1.54, 1.807) is 14.0 Å². The number of nitrogens with zero attached hydrogens (tertiary/aromatic N) is 2. The average molecular weight is 333 g/mol. The Hall–Kier alpha value is -2.24. The second-order valence-electron chi connectivity index (χ2n) is 6.45. The smallest absolute Gasteiger partial charge is 0.317 e. The molecule has 2 amide bonds. The van der Waals surface area contributed by atoms with Crippen LogP contribution in [0, 0.1) is 5.92 Å². The van der Waals surface area contributed by atoms with Crippen LogP contribution in [0.25, 0.3) is 0 Å². The Bertz CT molecular complexity index is 570. The van der Waals surface area contributed by atoms with Crippen LogP contribution in [0.15, 0.2) is 24.3 Å². The Morgan fingerprint density at radius 3 is 2.58 bits per heavy atom. The van der Waals surface area contributed by atoms with Crippen molar-refractivity contribution in [2.45, 2.75) is 32.7 Å². The van der Waals surface area contributed by atoms with E-state index < -0.39 is 11.9 Å². The summed E-state index contributed by atoms with van der Waals surface area (Å²) in [6, 6.07) is 7.88. The van der Waals surface area contributed by atoms with Crippen molar-refractivity contribution in [3.05, 3.63) is 29.8 Å². The zero-order valence-corrected chi connectivity index (χ0v) is 14.5. The number of nitrogens with one attached hydrogen (secondary N) is 1. The molecule has 24 heavy (non-hydrogen) atoms. The summed E-state index contributed by atoms with van der Waals surface area (Å²) in [5.74, 6) is -1.48. The SMILES string of the molecule is CC(CN(C)C(=O)NCc1ccccc1N1CCCCC1)C(=O)O. The molecule has 6 heteroatoms. The van der Waals surface area contributed by atoms with Crippen LogP contribution in [-0.2, 0) is 11.3 Å². The molecule has 0 spiro atoms. The molecule has 1 aromatic carbocycles. The zero-order chi connectivity index (χ0) is 17.5. The number of rotatable bonds is 6. The van der Waals surface area contributed by atoms with E-state index in [1.165, 1.54) is 29.8 Å². The minimum atomic E-state index is -0.898. The van der Waals surface area contributed by atoms with Crippen LogP contribution in [0.2, 0.25) is 0 Å². The monoisotopic (exact) mass is 333 g/mol. The maximum absolute atomic E-state index is 12.2. The first-order valence-corrected chi connectivity index (χ1v) is 8.53. The number of benzene rings is 1. The van der Waals surface area contributed by atoms with Crippen LogP contribution in [0.3, 0.4) is 0 Å².